The first-order valence-corrected chi connectivity index (χ1v) is 9.96. The van der Waals surface area contributed by atoms with Gasteiger partial charge in [-0.2, -0.15) is 0 Å². The lowest BCUT2D eigenvalue weighted by Gasteiger charge is -2.32. The summed E-state index contributed by atoms with van der Waals surface area (Å²) < 4.78 is 0. The number of carbonyl (C=O) groups excluding carboxylic acids is 2. The van der Waals surface area contributed by atoms with Gasteiger partial charge in [0.05, 0.1) is 9.88 Å². The van der Waals surface area contributed by atoms with Crippen molar-refractivity contribution in [3.63, 3.8) is 0 Å². The Morgan fingerprint density at radius 1 is 1.04 bits per heavy atom. The van der Waals surface area contributed by atoms with Crippen LogP contribution in [0.1, 0.15) is 48.2 Å². The number of hydrogen-bond acceptors (Lipinski definition) is 4. The molecular formula is C18H25N3O2S. The Kier molecular flexibility index (Phi) is 4.59. The molecule has 1 saturated carbocycles. The number of nitrogens with zero attached hydrogens (tertiary/aromatic N) is 2. The van der Waals surface area contributed by atoms with Gasteiger partial charge in [-0.05, 0) is 57.3 Å². The zero-order chi connectivity index (χ0) is 16.5. The molecule has 1 N–H and O–H groups in total. The molecule has 0 bridgehead atoms. The molecular weight excluding hydrogens is 322 g/mol. The summed E-state index contributed by atoms with van der Waals surface area (Å²) >= 11 is 1.40. The van der Waals surface area contributed by atoms with Crippen LogP contribution in [0.15, 0.2) is 12.1 Å². The standard InChI is InChI=1S/C18H25N3O2S/c22-17(13-4-5-13)19-16-7-6-15(24-16)18(23)21-11-8-14(12-21)20-9-2-1-3-10-20/h6-7,13-14H,1-5,8-12H2,(H,19,22). The van der Waals surface area contributed by atoms with Crippen molar-refractivity contribution in [1.82, 2.24) is 9.80 Å². The van der Waals surface area contributed by atoms with Crippen LogP contribution in [0.5, 0.6) is 0 Å². The van der Waals surface area contributed by atoms with Gasteiger partial charge in [-0.1, -0.05) is 6.42 Å². The van der Waals surface area contributed by atoms with Crippen LogP contribution in [0.3, 0.4) is 0 Å². The second kappa shape index (κ2) is 6.84. The van der Waals surface area contributed by atoms with Crippen LogP contribution in [0.25, 0.3) is 0 Å². The van der Waals surface area contributed by atoms with E-state index in [4.69, 9.17) is 0 Å². The molecule has 6 heteroatoms. The van der Waals surface area contributed by atoms with Gasteiger partial charge in [-0.3, -0.25) is 14.5 Å². The van der Waals surface area contributed by atoms with Gasteiger partial charge < -0.3 is 10.2 Å². The van der Waals surface area contributed by atoms with E-state index in [1.54, 1.807) is 0 Å². The number of thiophene rings is 1. The summed E-state index contributed by atoms with van der Waals surface area (Å²) in [6.45, 7) is 4.06. The number of rotatable bonds is 4. The van der Waals surface area contributed by atoms with Gasteiger partial charge in [0.1, 0.15) is 0 Å². The molecule has 24 heavy (non-hydrogen) atoms. The van der Waals surface area contributed by atoms with Crippen LogP contribution in [0.2, 0.25) is 0 Å². The fourth-order valence-electron chi connectivity index (χ4n) is 3.75. The van der Waals surface area contributed by atoms with Crippen LogP contribution in [-0.2, 0) is 4.79 Å². The lowest BCUT2D eigenvalue weighted by molar-refractivity contribution is -0.117. The van der Waals surface area contributed by atoms with Gasteiger partial charge in [0.25, 0.3) is 5.91 Å². The van der Waals surface area contributed by atoms with Gasteiger partial charge in [0.2, 0.25) is 5.91 Å². The Balaban J connectivity index is 1.34. The van der Waals surface area contributed by atoms with E-state index in [2.05, 4.69) is 10.2 Å². The van der Waals surface area contributed by atoms with Crippen molar-refractivity contribution in [3.8, 4) is 0 Å². The Bertz CT molecular complexity index is 620. The summed E-state index contributed by atoms with van der Waals surface area (Å²) in [5.41, 5.74) is 0. The molecule has 3 aliphatic rings. The lowest BCUT2D eigenvalue weighted by atomic mass is 10.1. The summed E-state index contributed by atoms with van der Waals surface area (Å²) in [6, 6.07) is 4.24. The minimum atomic E-state index is 0.0992. The van der Waals surface area contributed by atoms with E-state index in [0.717, 1.165) is 42.2 Å². The Hall–Kier alpha value is -1.40. The third-order valence-corrected chi connectivity index (χ3v) is 6.36. The number of likely N-dealkylation sites (tertiary alicyclic amines) is 2. The number of nitrogens with one attached hydrogen (secondary N) is 1. The molecule has 3 fully saturated rings. The Labute approximate surface area is 147 Å². The zero-order valence-electron chi connectivity index (χ0n) is 14.0. The maximum absolute atomic E-state index is 12.7. The van der Waals surface area contributed by atoms with Crippen molar-refractivity contribution in [3.05, 3.63) is 17.0 Å². The van der Waals surface area contributed by atoms with Crippen LogP contribution >= 0.6 is 11.3 Å². The van der Waals surface area contributed by atoms with Crippen LogP contribution < -0.4 is 5.32 Å². The fourth-order valence-corrected chi connectivity index (χ4v) is 4.63. The molecule has 0 spiro atoms. The monoisotopic (exact) mass is 347 g/mol. The van der Waals surface area contributed by atoms with E-state index in [-0.39, 0.29) is 17.7 Å². The molecule has 3 heterocycles. The average Bonchev–Trinajstić information content (AvgIpc) is 3.17. The van der Waals surface area contributed by atoms with E-state index in [1.807, 2.05) is 17.0 Å². The highest BCUT2D eigenvalue weighted by Crippen LogP contribution is 2.32. The summed E-state index contributed by atoms with van der Waals surface area (Å²) in [7, 11) is 0. The van der Waals surface area contributed by atoms with Gasteiger partial charge >= 0.3 is 0 Å². The van der Waals surface area contributed by atoms with E-state index in [1.165, 1.54) is 43.7 Å². The van der Waals surface area contributed by atoms with Gasteiger partial charge in [-0.25, -0.2) is 0 Å². The van der Waals surface area contributed by atoms with Gasteiger partial charge in [-0.15, -0.1) is 11.3 Å². The highest BCUT2D eigenvalue weighted by molar-refractivity contribution is 7.18. The topological polar surface area (TPSA) is 52.7 Å². The summed E-state index contributed by atoms with van der Waals surface area (Å²) in [6.07, 6.45) is 7.00. The van der Waals surface area contributed by atoms with Crippen LogP contribution in [0.4, 0.5) is 5.00 Å². The highest BCUT2D eigenvalue weighted by Gasteiger charge is 2.32. The normalized spacial score (nSPS) is 25.0. The molecule has 2 amide bonds. The summed E-state index contributed by atoms with van der Waals surface area (Å²) in [4.78, 5) is 29.8. The van der Waals surface area contributed by atoms with Crippen LogP contribution in [0, 0.1) is 5.92 Å². The smallest absolute Gasteiger partial charge is 0.264 e. The molecule has 0 radical (unpaired) electrons. The largest absolute Gasteiger partial charge is 0.336 e. The number of piperidine rings is 1. The van der Waals surface area contributed by atoms with E-state index in [0.29, 0.717) is 6.04 Å². The van der Waals surface area contributed by atoms with Crippen molar-refractivity contribution < 1.29 is 9.59 Å². The van der Waals surface area contributed by atoms with Crippen molar-refractivity contribution in [2.45, 2.75) is 44.6 Å². The molecule has 0 aromatic carbocycles. The molecule has 5 nitrogen and oxygen atoms in total. The SMILES string of the molecule is O=C(Nc1ccc(C(=O)N2CCC(N3CCCCC3)C2)s1)C1CC1. The first kappa shape index (κ1) is 16.1. The maximum Gasteiger partial charge on any atom is 0.264 e. The molecule has 1 aromatic rings. The van der Waals surface area contributed by atoms with E-state index < -0.39 is 0 Å². The van der Waals surface area contributed by atoms with Crippen LogP contribution in [-0.4, -0.2) is 53.8 Å². The van der Waals surface area contributed by atoms with Crippen molar-refractivity contribution in [1.29, 1.82) is 0 Å². The highest BCUT2D eigenvalue weighted by atomic mass is 32.1. The quantitative estimate of drug-likeness (QED) is 0.911. The Morgan fingerprint density at radius 2 is 1.83 bits per heavy atom. The predicted molar refractivity (Wildman–Crippen MR) is 95.4 cm³/mol. The lowest BCUT2D eigenvalue weighted by Crippen LogP contribution is -2.41. The summed E-state index contributed by atoms with van der Waals surface area (Å²) in [5.74, 6) is 0.406. The third-order valence-electron chi connectivity index (χ3n) is 5.37. The van der Waals surface area contributed by atoms with Gasteiger partial charge in [0, 0.05) is 25.0 Å². The molecule has 2 aliphatic heterocycles. The van der Waals surface area contributed by atoms with E-state index >= 15 is 0 Å². The molecule has 1 aromatic heterocycles. The minimum Gasteiger partial charge on any atom is -0.336 e. The fraction of sp³-hybridized carbons (Fsp3) is 0.667. The maximum atomic E-state index is 12.7. The first-order valence-electron chi connectivity index (χ1n) is 9.15. The van der Waals surface area contributed by atoms with Gasteiger partial charge in [0.15, 0.2) is 0 Å². The molecule has 4 rings (SSSR count). The Morgan fingerprint density at radius 3 is 2.58 bits per heavy atom. The molecule has 2 saturated heterocycles. The molecule has 1 unspecified atom stereocenters. The zero-order valence-corrected chi connectivity index (χ0v) is 14.8. The van der Waals surface area contributed by atoms with Crippen molar-refractivity contribution in [2.24, 2.45) is 5.92 Å². The second-order valence-electron chi connectivity index (χ2n) is 7.22. The van der Waals surface area contributed by atoms with E-state index in [9.17, 15) is 9.59 Å². The van der Waals surface area contributed by atoms with Crippen molar-refractivity contribution in [2.75, 3.05) is 31.5 Å². The average molecular weight is 347 g/mol. The second-order valence-corrected chi connectivity index (χ2v) is 8.30. The number of anilines is 1. The molecule has 1 aliphatic carbocycles. The predicted octanol–water partition coefficient (Wildman–Crippen LogP) is 2.80. The number of hydrogen-bond donors (Lipinski definition) is 1. The molecule has 130 valence electrons. The minimum absolute atomic E-state index is 0.0992. The first-order chi connectivity index (χ1) is 11.7. The van der Waals surface area contributed by atoms with Crippen molar-refractivity contribution >= 4 is 28.2 Å². The molecule has 1 atom stereocenters. The number of carbonyl (C=O) groups is 2. The third kappa shape index (κ3) is 3.49. The number of amides is 2. The summed E-state index contributed by atoms with van der Waals surface area (Å²) in [5, 5.41) is 3.72.